The van der Waals surface area contributed by atoms with Crippen LogP contribution in [0.25, 0.3) is 0 Å². The van der Waals surface area contributed by atoms with Crippen LogP contribution in [-0.4, -0.2) is 78.8 Å². The number of cyclic esters (lactones) is 2. The Morgan fingerprint density at radius 3 is 2.47 bits per heavy atom. The van der Waals surface area contributed by atoms with Crippen molar-refractivity contribution >= 4 is 17.8 Å². The van der Waals surface area contributed by atoms with E-state index < -0.39 is 11.5 Å². The highest BCUT2D eigenvalue weighted by Crippen LogP contribution is 2.45. The summed E-state index contributed by atoms with van der Waals surface area (Å²) in [5.41, 5.74) is 3.58. The van der Waals surface area contributed by atoms with Crippen molar-refractivity contribution < 1.29 is 33.7 Å². The number of amides is 1. The molecule has 4 aliphatic heterocycles. The highest BCUT2D eigenvalue weighted by atomic mass is 16.5. The lowest BCUT2D eigenvalue weighted by Gasteiger charge is -2.41. The molecule has 1 N–H and O–H groups in total. The molecule has 4 heterocycles. The van der Waals surface area contributed by atoms with Gasteiger partial charge in [-0.2, -0.15) is 0 Å². The molecule has 0 saturated carbocycles. The maximum Gasteiger partial charge on any atom is 0.338 e. The fourth-order valence-corrected chi connectivity index (χ4v) is 5.85. The molecule has 0 radical (unpaired) electrons. The molecule has 1 aromatic carbocycles. The van der Waals surface area contributed by atoms with Crippen LogP contribution in [0.5, 0.6) is 0 Å². The minimum Gasteiger partial charge on any atom is -0.457 e. The van der Waals surface area contributed by atoms with Gasteiger partial charge in [-0.05, 0) is 57.0 Å². The average molecular weight is 471 g/mol. The van der Waals surface area contributed by atoms with Crippen molar-refractivity contribution in [3.05, 3.63) is 45.7 Å². The van der Waals surface area contributed by atoms with Gasteiger partial charge in [0.05, 0.1) is 41.0 Å². The maximum absolute atomic E-state index is 13.6. The largest absolute Gasteiger partial charge is 0.457 e. The first-order valence-corrected chi connectivity index (χ1v) is 11.7. The van der Waals surface area contributed by atoms with E-state index in [9.17, 15) is 19.5 Å². The first-order chi connectivity index (χ1) is 16.3. The van der Waals surface area contributed by atoms with Gasteiger partial charge >= 0.3 is 11.9 Å². The number of hydrogen-bond acceptors (Lipinski definition) is 8. The summed E-state index contributed by atoms with van der Waals surface area (Å²) in [7, 11) is 1.63. The molecule has 2 saturated heterocycles. The van der Waals surface area contributed by atoms with Gasteiger partial charge in [0.2, 0.25) is 5.91 Å². The van der Waals surface area contributed by atoms with Crippen molar-refractivity contribution in [3.8, 4) is 0 Å². The molecular weight excluding hydrogens is 440 g/mol. The second-order valence-corrected chi connectivity index (χ2v) is 9.64. The number of methoxy groups -OCH3 is 1. The molecule has 9 nitrogen and oxygen atoms in total. The van der Waals surface area contributed by atoms with E-state index in [2.05, 4.69) is 4.90 Å². The van der Waals surface area contributed by atoms with Gasteiger partial charge in [-0.1, -0.05) is 6.07 Å². The van der Waals surface area contributed by atoms with E-state index in [1.807, 2.05) is 6.92 Å². The Morgan fingerprint density at radius 2 is 1.82 bits per heavy atom. The molecular formula is C25H30N2O7. The molecule has 2 unspecified atom stereocenters. The number of hydrogen-bond donors (Lipinski definition) is 1. The van der Waals surface area contributed by atoms with Crippen LogP contribution in [-0.2, 0) is 30.4 Å². The van der Waals surface area contributed by atoms with Crippen molar-refractivity contribution in [2.75, 3.05) is 39.9 Å². The number of fused-ring (bicyclic) bond motifs is 1. The Kier molecular flexibility index (Phi) is 5.74. The molecule has 2 fully saturated rings. The normalized spacial score (nSPS) is 25.2. The Morgan fingerprint density at radius 1 is 1.12 bits per heavy atom. The molecule has 1 spiro atoms. The molecule has 4 aliphatic rings. The zero-order valence-electron chi connectivity index (χ0n) is 19.8. The number of esters is 2. The van der Waals surface area contributed by atoms with E-state index in [-0.39, 0.29) is 37.2 Å². The quantitative estimate of drug-likeness (QED) is 0.645. The van der Waals surface area contributed by atoms with Crippen molar-refractivity contribution in [1.29, 1.82) is 0 Å². The molecule has 1 aromatic rings. The molecule has 0 bridgehead atoms. The number of likely N-dealkylation sites (tertiary alicyclic amines) is 2. The fourth-order valence-electron chi connectivity index (χ4n) is 5.85. The van der Waals surface area contributed by atoms with Crippen molar-refractivity contribution in [2.24, 2.45) is 5.41 Å². The molecule has 0 aliphatic carbocycles. The number of piperidine rings is 1. The number of aliphatic hydroxyl groups is 1. The topological polar surface area (TPSA) is 106 Å². The van der Waals surface area contributed by atoms with Crippen LogP contribution < -0.4 is 0 Å². The molecule has 1 amide bonds. The van der Waals surface area contributed by atoms with Crippen LogP contribution in [0.15, 0.2) is 23.4 Å². The van der Waals surface area contributed by atoms with Gasteiger partial charge in [0, 0.05) is 19.2 Å². The van der Waals surface area contributed by atoms with E-state index in [1.54, 1.807) is 31.1 Å². The number of rotatable bonds is 5. The van der Waals surface area contributed by atoms with Gasteiger partial charge in [0.25, 0.3) is 0 Å². The number of aliphatic hydroxyl groups excluding tert-OH is 1. The highest BCUT2D eigenvalue weighted by Gasteiger charge is 2.56. The summed E-state index contributed by atoms with van der Waals surface area (Å²) >= 11 is 0. The Labute approximate surface area is 198 Å². The van der Waals surface area contributed by atoms with Crippen LogP contribution in [0, 0.1) is 12.3 Å². The van der Waals surface area contributed by atoms with Gasteiger partial charge in [0.1, 0.15) is 13.2 Å². The number of β-amino-alcohol motifs (C(OH)–C–C–N with tert-alkyl or cyclic N) is 1. The van der Waals surface area contributed by atoms with Crippen LogP contribution in [0.1, 0.15) is 52.9 Å². The van der Waals surface area contributed by atoms with E-state index in [1.165, 1.54) is 0 Å². The summed E-state index contributed by atoms with van der Waals surface area (Å²) < 4.78 is 16.0. The standard InChI is InChI=1S/C25H30N2O7/c1-14-16(4-5-17-18(14)12-33-23(17)30)20(28)10-26-8-6-25(7-9-26)21(32-3)11-27(24(25)31)19-13-34-22(29)15(19)2/h4-5,20-21,28H,6-13H2,1-3H3. The molecule has 2 atom stereocenters. The predicted octanol–water partition coefficient (Wildman–Crippen LogP) is 1.47. The molecule has 9 heteroatoms. The lowest BCUT2D eigenvalue weighted by molar-refractivity contribution is -0.141. The number of ether oxygens (including phenoxy) is 3. The Hall–Kier alpha value is -2.75. The SMILES string of the molecule is COC1CN(C2=C(C)C(=O)OC2)C(=O)C12CCN(CC(O)c1ccc3c(c1C)COC3=O)CC2. The molecule has 0 aromatic heterocycles. The predicted molar refractivity (Wildman–Crippen MR) is 120 cm³/mol. The van der Waals surface area contributed by atoms with Crippen LogP contribution in [0.4, 0.5) is 0 Å². The second-order valence-electron chi connectivity index (χ2n) is 9.64. The number of carbonyl (C=O) groups excluding carboxylic acids is 3. The van der Waals surface area contributed by atoms with Crippen molar-refractivity contribution in [3.63, 3.8) is 0 Å². The van der Waals surface area contributed by atoms with E-state index in [0.29, 0.717) is 55.9 Å². The van der Waals surface area contributed by atoms with E-state index in [0.717, 1.165) is 16.7 Å². The van der Waals surface area contributed by atoms with Crippen molar-refractivity contribution in [2.45, 2.75) is 45.5 Å². The fraction of sp³-hybridized carbons (Fsp3) is 0.560. The summed E-state index contributed by atoms with van der Waals surface area (Å²) in [6.07, 6.45) is 0.249. The number of benzene rings is 1. The van der Waals surface area contributed by atoms with E-state index in [4.69, 9.17) is 14.2 Å². The summed E-state index contributed by atoms with van der Waals surface area (Å²) in [6, 6.07) is 3.53. The zero-order chi connectivity index (χ0) is 24.2. The number of nitrogens with zero attached hydrogens (tertiary/aromatic N) is 2. The smallest absolute Gasteiger partial charge is 0.338 e. The first-order valence-electron chi connectivity index (χ1n) is 11.7. The minimum absolute atomic E-state index is 0.00803. The van der Waals surface area contributed by atoms with E-state index >= 15 is 0 Å². The lowest BCUT2D eigenvalue weighted by atomic mass is 9.75. The van der Waals surface area contributed by atoms with Crippen LogP contribution in [0.2, 0.25) is 0 Å². The second kappa shape index (κ2) is 8.48. The summed E-state index contributed by atoms with van der Waals surface area (Å²) in [4.78, 5) is 41.0. The third-order valence-electron chi connectivity index (χ3n) is 8.07. The average Bonchev–Trinajstić information content (AvgIpc) is 3.45. The monoisotopic (exact) mass is 470 g/mol. The zero-order valence-corrected chi connectivity index (χ0v) is 19.8. The first kappa shape index (κ1) is 23.0. The Balaban J connectivity index is 1.27. The molecule has 5 rings (SSSR count). The van der Waals surface area contributed by atoms with Gasteiger partial charge in [-0.25, -0.2) is 9.59 Å². The highest BCUT2D eigenvalue weighted by molar-refractivity contribution is 5.95. The van der Waals surface area contributed by atoms with Gasteiger partial charge in [-0.15, -0.1) is 0 Å². The molecule has 34 heavy (non-hydrogen) atoms. The van der Waals surface area contributed by atoms with Crippen LogP contribution in [0.3, 0.4) is 0 Å². The van der Waals surface area contributed by atoms with Gasteiger partial charge in [-0.3, -0.25) is 4.79 Å². The maximum atomic E-state index is 13.6. The van der Waals surface area contributed by atoms with Crippen molar-refractivity contribution in [1.82, 2.24) is 9.80 Å². The summed E-state index contributed by atoms with van der Waals surface area (Å²) in [6.45, 7) is 6.12. The van der Waals surface area contributed by atoms with Crippen LogP contribution >= 0.6 is 0 Å². The Bertz CT molecular complexity index is 1090. The summed E-state index contributed by atoms with van der Waals surface area (Å²) in [5.74, 6) is -0.700. The summed E-state index contributed by atoms with van der Waals surface area (Å²) in [5, 5.41) is 11.0. The molecule has 182 valence electrons. The van der Waals surface area contributed by atoms with Gasteiger partial charge in [0.15, 0.2) is 0 Å². The third kappa shape index (κ3) is 3.45. The number of carbonyl (C=O) groups is 3. The lowest BCUT2D eigenvalue weighted by Crippen LogP contribution is -2.49. The third-order valence-corrected chi connectivity index (χ3v) is 8.07. The minimum atomic E-state index is -0.710. The van der Waals surface area contributed by atoms with Gasteiger partial charge < -0.3 is 29.1 Å².